The molecule has 0 amide bonds. The van der Waals surface area contributed by atoms with E-state index in [1.54, 1.807) is 13.0 Å². The van der Waals surface area contributed by atoms with Gasteiger partial charge in [0.2, 0.25) is 21.7 Å². The van der Waals surface area contributed by atoms with Gasteiger partial charge in [-0.1, -0.05) is 61.5 Å². The molecule has 2 N–H and O–H groups in total. The highest BCUT2D eigenvalue weighted by molar-refractivity contribution is 7.89. The zero-order valence-electron chi connectivity index (χ0n) is 15.4. The quantitative estimate of drug-likeness (QED) is 0.742. The van der Waals surface area contributed by atoms with Gasteiger partial charge in [-0.15, -0.1) is 0 Å². The summed E-state index contributed by atoms with van der Waals surface area (Å²) in [5.74, 6) is 1.45. The summed E-state index contributed by atoms with van der Waals surface area (Å²) in [5, 5.41) is 9.39. The molecular formula is C20H21N3O3S. The van der Waals surface area contributed by atoms with Gasteiger partial charge in [0.05, 0.1) is 10.8 Å². The zero-order chi connectivity index (χ0) is 19.4. The van der Waals surface area contributed by atoms with Gasteiger partial charge in [-0.05, 0) is 29.5 Å². The van der Waals surface area contributed by atoms with Crippen LogP contribution in [0.4, 0.5) is 0 Å². The first kappa shape index (κ1) is 17.9. The lowest BCUT2D eigenvalue weighted by Gasteiger charge is -2.08. The molecule has 27 heavy (non-hydrogen) atoms. The number of aromatic nitrogens is 2. The Balaban J connectivity index is 1.65. The van der Waals surface area contributed by atoms with Crippen molar-refractivity contribution in [2.45, 2.75) is 37.5 Å². The molecule has 7 heteroatoms. The third kappa shape index (κ3) is 3.07. The minimum Gasteiger partial charge on any atom is -0.339 e. The summed E-state index contributed by atoms with van der Waals surface area (Å²) in [7, 11) is -3.72. The Bertz CT molecular complexity index is 1100. The molecule has 4 rings (SSSR count). The molecule has 6 nitrogen and oxygen atoms in total. The molecule has 1 aliphatic carbocycles. The standard InChI is InChI=1S/C20H21N3O3S/c1-12-11-14(9-10-15(12)27(21,24)25)16-17(20(16,2)3)19-22-18(23-26-19)13-7-5-4-6-8-13/h4-11,16-17H,1-3H3,(H2,21,24,25)/t16-,17+/m1/s1. The first-order valence-corrected chi connectivity index (χ1v) is 10.3. The minimum absolute atomic E-state index is 0.0595. The van der Waals surface area contributed by atoms with Crippen LogP contribution in [0.1, 0.15) is 42.7 Å². The number of aryl methyl sites for hydroxylation is 1. The molecule has 1 aliphatic rings. The molecular weight excluding hydrogens is 362 g/mol. The highest BCUT2D eigenvalue weighted by Gasteiger charge is 2.62. The average Bonchev–Trinajstić information content (AvgIpc) is 2.94. The van der Waals surface area contributed by atoms with Crippen LogP contribution in [0.3, 0.4) is 0 Å². The van der Waals surface area contributed by atoms with Crippen LogP contribution >= 0.6 is 0 Å². The second-order valence-electron chi connectivity index (χ2n) is 7.67. The number of nitrogens with two attached hydrogens (primary N) is 1. The van der Waals surface area contributed by atoms with Crippen molar-refractivity contribution in [1.29, 1.82) is 0 Å². The van der Waals surface area contributed by atoms with E-state index in [9.17, 15) is 8.42 Å². The fraction of sp³-hybridized carbons (Fsp3) is 0.300. The Kier molecular flexibility index (Phi) is 3.98. The molecule has 0 saturated heterocycles. The van der Waals surface area contributed by atoms with Crippen molar-refractivity contribution < 1.29 is 12.9 Å². The number of benzene rings is 2. The van der Waals surface area contributed by atoms with Crippen LogP contribution in [0.5, 0.6) is 0 Å². The van der Waals surface area contributed by atoms with E-state index in [1.807, 2.05) is 42.5 Å². The summed E-state index contributed by atoms with van der Waals surface area (Å²) in [6.07, 6.45) is 0. The van der Waals surface area contributed by atoms with Gasteiger partial charge in [0.15, 0.2) is 0 Å². The monoisotopic (exact) mass is 383 g/mol. The molecule has 0 radical (unpaired) electrons. The van der Waals surface area contributed by atoms with E-state index in [4.69, 9.17) is 9.66 Å². The van der Waals surface area contributed by atoms with Crippen LogP contribution in [-0.2, 0) is 10.0 Å². The summed E-state index contributed by atoms with van der Waals surface area (Å²) < 4.78 is 28.9. The Hall–Kier alpha value is -2.51. The summed E-state index contributed by atoms with van der Waals surface area (Å²) >= 11 is 0. The normalized spacial score (nSPS) is 21.2. The molecule has 2 aromatic carbocycles. The van der Waals surface area contributed by atoms with E-state index in [0.717, 1.165) is 11.1 Å². The second-order valence-corrected chi connectivity index (χ2v) is 9.20. The molecule has 1 aromatic heterocycles. The highest BCUT2D eigenvalue weighted by atomic mass is 32.2. The van der Waals surface area contributed by atoms with E-state index in [-0.39, 0.29) is 22.1 Å². The third-order valence-corrected chi connectivity index (χ3v) is 6.50. The SMILES string of the molecule is Cc1cc([C@@H]2[C@@H](c3nc(-c4ccccc4)no3)C2(C)C)ccc1S(N)(=O)=O. The molecule has 3 aromatic rings. The largest absolute Gasteiger partial charge is 0.339 e. The molecule has 1 saturated carbocycles. The number of hydrogen-bond acceptors (Lipinski definition) is 5. The van der Waals surface area contributed by atoms with Crippen LogP contribution in [-0.4, -0.2) is 18.6 Å². The van der Waals surface area contributed by atoms with E-state index < -0.39 is 10.0 Å². The van der Waals surface area contributed by atoms with E-state index >= 15 is 0 Å². The van der Waals surface area contributed by atoms with Crippen LogP contribution in [0.25, 0.3) is 11.4 Å². The fourth-order valence-corrected chi connectivity index (χ4v) is 4.74. The molecule has 0 unspecified atom stereocenters. The zero-order valence-corrected chi connectivity index (χ0v) is 16.2. The Morgan fingerprint density at radius 3 is 2.41 bits per heavy atom. The van der Waals surface area contributed by atoms with Crippen molar-refractivity contribution in [3.8, 4) is 11.4 Å². The fourth-order valence-electron chi connectivity index (χ4n) is 3.97. The van der Waals surface area contributed by atoms with Crippen LogP contribution in [0.2, 0.25) is 0 Å². The van der Waals surface area contributed by atoms with Crippen molar-refractivity contribution in [2.24, 2.45) is 10.6 Å². The summed E-state index contributed by atoms with van der Waals surface area (Å²) in [6.45, 7) is 6.06. The maximum absolute atomic E-state index is 11.6. The van der Waals surface area contributed by atoms with Crippen LogP contribution < -0.4 is 5.14 Å². The number of sulfonamides is 1. The smallest absolute Gasteiger partial charge is 0.238 e. The van der Waals surface area contributed by atoms with Gasteiger partial charge in [0.25, 0.3) is 0 Å². The summed E-state index contributed by atoms with van der Waals surface area (Å²) in [5.41, 5.74) is 2.55. The molecule has 140 valence electrons. The molecule has 0 spiro atoms. The average molecular weight is 383 g/mol. The predicted molar refractivity (Wildman–Crippen MR) is 102 cm³/mol. The van der Waals surface area contributed by atoms with Crippen molar-refractivity contribution in [3.05, 3.63) is 65.5 Å². The summed E-state index contributed by atoms with van der Waals surface area (Å²) in [6, 6.07) is 15.0. The van der Waals surface area contributed by atoms with Crippen LogP contribution in [0, 0.1) is 12.3 Å². The topological polar surface area (TPSA) is 99.1 Å². The minimum atomic E-state index is -3.72. The van der Waals surface area contributed by atoms with E-state index in [1.165, 1.54) is 0 Å². The number of primary sulfonamides is 1. The van der Waals surface area contributed by atoms with Gasteiger partial charge in [-0.2, -0.15) is 4.98 Å². The van der Waals surface area contributed by atoms with Gasteiger partial charge in [0, 0.05) is 11.5 Å². The third-order valence-electron chi connectivity index (χ3n) is 5.43. The Labute approximate surface area is 158 Å². The van der Waals surface area contributed by atoms with Crippen molar-refractivity contribution in [3.63, 3.8) is 0 Å². The lowest BCUT2D eigenvalue weighted by Crippen LogP contribution is -2.13. The van der Waals surface area contributed by atoms with Gasteiger partial charge in [-0.25, -0.2) is 13.6 Å². The second kappa shape index (κ2) is 6.00. The van der Waals surface area contributed by atoms with E-state index in [2.05, 4.69) is 24.0 Å². The van der Waals surface area contributed by atoms with Gasteiger partial charge in [-0.3, -0.25) is 0 Å². The lowest BCUT2D eigenvalue weighted by atomic mass is 10.0. The maximum Gasteiger partial charge on any atom is 0.238 e. The number of nitrogens with zero attached hydrogens (tertiary/aromatic N) is 2. The van der Waals surface area contributed by atoms with E-state index in [0.29, 0.717) is 17.3 Å². The maximum atomic E-state index is 11.6. The van der Waals surface area contributed by atoms with Crippen molar-refractivity contribution >= 4 is 10.0 Å². The molecule has 1 heterocycles. The van der Waals surface area contributed by atoms with Gasteiger partial charge < -0.3 is 4.52 Å². The molecule has 0 bridgehead atoms. The summed E-state index contributed by atoms with van der Waals surface area (Å²) in [4.78, 5) is 4.76. The van der Waals surface area contributed by atoms with Gasteiger partial charge >= 0.3 is 0 Å². The number of rotatable bonds is 4. The molecule has 0 aliphatic heterocycles. The van der Waals surface area contributed by atoms with Crippen LogP contribution in [0.15, 0.2) is 57.9 Å². The highest BCUT2D eigenvalue weighted by Crippen LogP contribution is 2.69. The first-order chi connectivity index (χ1) is 12.7. The Morgan fingerprint density at radius 2 is 1.78 bits per heavy atom. The predicted octanol–water partition coefficient (Wildman–Crippen LogP) is 3.60. The molecule has 2 atom stereocenters. The van der Waals surface area contributed by atoms with Gasteiger partial charge in [0.1, 0.15) is 0 Å². The Morgan fingerprint density at radius 1 is 1.07 bits per heavy atom. The first-order valence-electron chi connectivity index (χ1n) is 8.72. The van der Waals surface area contributed by atoms with Crippen molar-refractivity contribution in [1.82, 2.24) is 10.1 Å². The van der Waals surface area contributed by atoms with Crippen molar-refractivity contribution in [2.75, 3.05) is 0 Å². The number of hydrogen-bond donors (Lipinski definition) is 1. The lowest BCUT2D eigenvalue weighted by molar-refractivity contribution is 0.368. The molecule has 1 fully saturated rings.